The monoisotopic (exact) mass is 361 g/mol. The zero-order chi connectivity index (χ0) is 17.8. The second-order valence-corrected chi connectivity index (χ2v) is 7.25. The van der Waals surface area contributed by atoms with Gasteiger partial charge in [0.05, 0.1) is 6.61 Å². The van der Waals surface area contributed by atoms with Crippen LogP contribution in [0.4, 0.5) is 0 Å². The molecule has 134 valence electrons. The van der Waals surface area contributed by atoms with Crippen LogP contribution in [0.1, 0.15) is 62.7 Å². The number of ether oxygens (including phenoxy) is 2. The molecule has 0 radical (unpaired) electrons. The molecule has 0 bridgehead atoms. The maximum Gasteiger partial charge on any atom is 0.355 e. The third kappa shape index (κ3) is 3.85. The van der Waals surface area contributed by atoms with Crippen molar-refractivity contribution in [1.29, 1.82) is 0 Å². The molecule has 6 heteroatoms. The molecular weight excluding hydrogens is 338 g/mol. The summed E-state index contributed by atoms with van der Waals surface area (Å²) in [6.07, 6.45) is 2.17. The molecule has 2 heterocycles. The fourth-order valence-electron chi connectivity index (χ4n) is 3.27. The molecule has 0 aromatic carbocycles. The predicted octanol–water partition coefficient (Wildman–Crippen LogP) is 3.88. The lowest BCUT2D eigenvalue weighted by Gasteiger charge is -2.20. The van der Waals surface area contributed by atoms with Gasteiger partial charge >= 0.3 is 5.97 Å². The number of ketones is 1. The van der Waals surface area contributed by atoms with E-state index in [4.69, 9.17) is 9.47 Å². The van der Waals surface area contributed by atoms with Gasteiger partial charge in [0, 0.05) is 35.1 Å². The molecule has 3 rings (SSSR count). The van der Waals surface area contributed by atoms with E-state index in [1.54, 1.807) is 11.3 Å². The van der Waals surface area contributed by atoms with E-state index >= 15 is 0 Å². The number of hydrogen-bond donors (Lipinski definition) is 1. The Hall–Kier alpha value is -1.92. The number of carbonyl (C=O) groups is 2. The van der Waals surface area contributed by atoms with E-state index < -0.39 is 5.97 Å². The number of nitrogens with one attached hydrogen (secondary N) is 1. The molecule has 0 spiro atoms. The first kappa shape index (κ1) is 17.9. The standard InChI is InChI=1S/C19H23NO4S/c1-3-6-23-7-8-24-19(22)18-12(2)17-14(20-18)10-13(11-15(17)21)16-5-4-9-25-16/h4-5,9,13,20H,3,6-8,10-11H2,1-2H3/t13-/m1/s1. The molecule has 2 aromatic heterocycles. The second kappa shape index (κ2) is 7.97. The molecule has 1 N–H and O–H groups in total. The van der Waals surface area contributed by atoms with Crippen molar-refractivity contribution in [2.75, 3.05) is 19.8 Å². The van der Waals surface area contributed by atoms with E-state index in [9.17, 15) is 9.59 Å². The molecule has 5 nitrogen and oxygen atoms in total. The molecule has 1 aliphatic rings. The van der Waals surface area contributed by atoms with Crippen molar-refractivity contribution in [2.45, 2.75) is 39.0 Å². The number of H-pyrrole nitrogens is 1. The highest BCUT2D eigenvalue weighted by Gasteiger charge is 2.32. The molecule has 0 saturated carbocycles. The number of fused-ring (bicyclic) bond motifs is 1. The summed E-state index contributed by atoms with van der Waals surface area (Å²) in [4.78, 5) is 29.3. The number of aromatic amines is 1. The van der Waals surface area contributed by atoms with E-state index in [0.717, 1.165) is 18.5 Å². The van der Waals surface area contributed by atoms with Crippen LogP contribution in [-0.2, 0) is 15.9 Å². The van der Waals surface area contributed by atoms with Crippen molar-refractivity contribution in [1.82, 2.24) is 4.98 Å². The van der Waals surface area contributed by atoms with Gasteiger partial charge in [0.25, 0.3) is 0 Å². The molecule has 0 aliphatic heterocycles. The minimum atomic E-state index is -0.424. The summed E-state index contributed by atoms with van der Waals surface area (Å²) in [7, 11) is 0. The van der Waals surface area contributed by atoms with Gasteiger partial charge in [-0.05, 0) is 36.8 Å². The highest BCUT2D eigenvalue weighted by Crippen LogP contribution is 2.36. The first-order chi connectivity index (χ1) is 12.1. The number of Topliss-reactive ketones (excluding diaryl/α,β-unsaturated/α-hetero) is 1. The Labute approximate surface area is 151 Å². The Kier molecular flexibility index (Phi) is 5.71. The third-order valence-electron chi connectivity index (χ3n) is 4.45. The van der Waals surface area contributed by atoms with E-state index in [-0.39, 0.29) is 18.3 Å². The van der Waals surface area contributed by atoms with Gasteiger partial charge in [-0.2, -0.15) is 0 Å². The predicted molar refractivity (Wildman–Crippen MR) is 96.6 cm³/mol. The van der Waals surface area contributed by atoms with Crippen molar-refractivity contribution in [3.8, 4) is 0 Å². The van der Waals surface area contributed by atoms with Crippen molar-refractivity contribution in [3.05, 3.63) is 44.9 Å². The molecule has 25 heavy (non-hydrogen) atoms. The first-order valence-corrected chi connectivity index (χ1v) is 9.52. The number of rotatable bonds is 7. The minimum Gasteiger partial charge on any atom is -0.459 e. The second-order valence-electron chi connectivity index (χ2n) is 6.27. The molecule has 0 unspecified atom stereocenters. The third-order valence-corrected chi connectivity index (χ3v) is 5.48. The van der Waals surface area contributed by atoms with E-state index in [1.807, 2.05) is 25.3 Å². The van der Waals surface area contributed by atoms with Crippen LogP contribution in [0.5, 0.6) is 0 Å². The van der Waals surface area contributed by atoms with Gasteiger partial charge in [0.2, 0.25) is 0 Å². The van der Waals surface area contributed by atoms with Crippen molar-refractivity contribution < 1.29 is 19.1 Å². The van der Waals surface area contributed by atoms with Crippen LogP contribution in [0.25, 0.3) is 0 Å². The number of hydrogen-bond acceptors (Lipinski definition) is 5. The lowest BCUT2D eigenvalue weighted by molar-refractivity contribution is 0.0312. The van der Waals surface area contributed by atoms with E-state index in [0.29, 0.717) is 36.5 Å². The average molecular weight is 361 g/mol. The Morgan fingerprint density at radius 1 is 1.32 bits per heavy atom. The van der Waals surface area contributed by atoms with Crippen molar-refractivity contribution in [2.24, 2.45) is 0 Å². The average Bonchev–Trinajstić information content (AvgIpc) is 3.23. The van der Waals surface area contributed by atoms with Gasteiger partial charge in [-0.25, -0.2) is 4.79 Å². The molecule has 2 aromatic rings. The van der Waals surface area contributed by atoms with Crippen molar-refractivity contribution >= 4 is 23.1 Å². The summed E-state index contributed by atoms with van der Waals surface area (Å²) in [6.45, 7) is 5.10. The van der Waals surface area contributed by atoms with Crippen LogP contribution in [0, 0.1) is 6.92 Å². The molecule has 1 aliphatic carbocycles. The van der Waals surface area contributed by atoms with E-state index in [2.05, 4.69) is 11.1 Å². The van der Waals surface area contributed by atoms with E-state index in [1.165, 1.54) is 4.88 Å². The largest absolute Gasteiger partial charge is 0.459 e. The Morgan fingerprint density at radius 3 is 2.88 bits per heavy atom. The highest BCUT2D eigenvalue weighted by atomic mass is 32.1. The summed E-state index contributed by atoms with van der Waals surface area (Å²) in [5.41, 5.74) is 2.60. The SMILES string of the molecule is CCCOCCOC(=O)c1[nH]c2c(c1C)C(=O)C[C@H](c1cccs1)C2. The summed E-state index contributed by atoms with van der Waals surface area (Å²) >= 11 is 1.67. The molecular formula is C19H23NO4S. The Balaban J connectivity index is 1.71. The van der Waals surface area contributed by atoms with Gasteiger partial charge in [0.15, 0.2) is 5.78 Å². The molecule has 0 fully saturated rings. The van der Waals surface area contributed by atoms with Crippen LogP contribution in [0.15, 0.2) is 17.5 Å². The van der Waals surface area contributed by atoms with Crippen LogP contribution < -0.4 is 0 Å². The molecule has 0 amide bonds. The maximum atomic E-state index is 12.6. The number of thiophene rings is 1. The smallest absolute Gasteiger partial charge is 0.355 e. The number of carbonyl (C=O) groups excluding carboxylic acids is 2. The molecule has 1 atom stereocenters. The maximum absolute atomic E-state index is 12.6. The number of esters is 1. The van der Waals surface area contributed by atoms with Gasteiger partial charge in [-0.1, -0.05) is 13.0 Å². The van der Waals surface area contributed by atoms with Crippen molar-refractivity contribution in [3.63, 3.8) is 0 Å². The fraction of sp³-hybridized carbons (Fsp3) is 0.474. The van der Waals surface area contributed by atoms with Crippen LogP contribution in [0.3, 0.4) is 0 Å². The Morgan fingerprint density at radius 2 is 2.16 bits per heavy atom. The lowest BCUT2D eigenvalue weighted by Crippen LogP contribution is -2.17. The topological polar surface area (TPSA) is 68.4 Å². The molecule has 0 saturated heterocycles. The zero-order valence-corrected chi connectivity index (χ0v) is 15.4. The van der Waals surface area contributed by atoms with Gasteiger partial charge in [0.1, 0.15) is 12.3 Å². The summed E-state index contributed by atoms with van der Waals surface area (Å²) in [6, 6.07) is 4.07. The van der Waals surface area contributed by atoms with Gasteiger partial charge in [-0.15, -0.1) is 11.3 Å². The summed E-state index contributed by atoms with van der Waals surface area (Å²) in [5, 5.41) is 2.03. The number of aromatic nitrogens is 1. The first-order valence-electron chi connectivity index (χ1n) is 8.64. The van der Waals surface area contributed by atoms with Crippen LogP contribution >= 0.6 is 11.3 Å². The summed E-state index contributed by atoms with van der Waals surface area (Å²) in [5.74, 6) is -0.143. The Bertz CT molecular complexity index is 748. The fourth-order valence-corrected chi connectivity index (χ4v) is 4.10. The van der Waals surface area contributed by atoms with Gasteiger partial charge in [-0.3, -0.25) is 4.79 Å². The normalized spacial score (nSPS) is 16.7. The van der Waals surface area contributed by atoms with Crippen LogP contribution in [0.2, 0.25) is 0 Å². The zero-order valence-electron chi connectivity index (χ0n) is 14.6. The minimum absolute atomic E-state index is 0.0960. The summed E-state index contributed by atoms with van der Waals surface area (Å²) < 4.78 is 10.6. The van der Waals surface area contributed by atoms with Crippen LogP contribution in [-0.4, -0.2) is 36.6 Å². The lowest BCUT2D eigenvalue weighted by atomic mass is 9.84. The highest BCUT2D eigenvalue weighted by molar-refractivity contribution is 7.10. The quantitative estimate of drug-likeness (QED) is 0.600. The van der Waals surface area contributed by atoms with Gasteiger partial charge < -0.3 is 14.5 Å².